The van der Waals surface area contributed by atoms with Crippen LogP contribution in [0.2, 0.25) is 0 Å². The van der Waals surface area contributed by atoms with Gasteiger partial charge in [-0.1, -0.05) is 12.1 Å². The molecule has 1 saturated heterocycles. The van der Waals surface area contributed by atoms with Crippen LogP contribution >= 0.6 is 0 Å². The predicted molar refractivity (Wildman–Crippen MR) is 63.1 cm³/mol. The molecule has 1 aliphatic heterocycles. The molecule has 15 heavy (non-hydrogen) atoms. The number of hydrogen-bond donors (Lipinski definition) is 1. The van der Waals surface area contributed by atoms with Gasteiger partial charge < -0.3 is 15.4 Å². The summed E-state index contributed by atoms with van der Waals surface area (Å²) in [5.41, 5.74) is 7.96. The highest BCUT2D eigenvalue weighted by molar-refractivity contribution is 5.68. The predicted octanol–water partition coefficient (Wildman–Crippen LogP) is 1.88. The molecule has 1 heterocycles. The molecule has 2 rings (SSSR count). The van der Waals surface area contributed by atoms with E-state index in [1.807, 2.05) is 18.2 Å². The highest BCUT2D eigenvalue weighted by Gasteiger charge is 2.28. The topological polar surface area (TPSA) is 38.5 Å². The Hall–Kier alpha value is -1.22. The van der Waals surface area contributed by atoms with Crippen molar-refractivity contribution in [3.05, 3.63) is 24.3 Å². The van der Waals surface area contributed by atoms with Gasteiger partial charge in [0.2, 0.25) is 0 Å². The average molecular weight is 206 g/mol. The van der Waals surface area contributed by atoms with E-state index >= 15 is 0 Å². The number of benzene rings is 1. The number of hydrogen-bond acceptors (Lipinski definition) is 3. The molecule has 1 aromatic carbocycles. The standard InChI is InChI=1S/C12H18N2O/c1-9(2)14(10-7-15-8-10)12-6-4-3-5-11(12)13/h3-6,9-10H,7-8,13H2,1-2H3. The second-order valence-electron chi connectivity index (χ2n) is 4.25. The highest BCUT2D eigenvalue weighted by atomic mass is 16.5. The largest absolute Gasteiger partial charge is 0.397 e. The van der Waals surface area contributed by atoms with Gasteiger partial charge in [0, 0.05) is 6.04 Å². The van der Waals surface area contributed by atoms with E-state index in [1.165, 1.54) is 0 Å². The first-order valence-electron chi connectivity index (χ1n) is 5.40. The van der Waals surface area contributed by atoms with Crippen molar-refractivity contribution in [1.29, 1.82) is 0 Å². The molecular weight excluding hydrogens is 188 g/mol. The van der Waals surface area contributed by atoms with Crippen molar-refractivity contribution in [2.45, 2.75) is 25.9 Å². The summed E-state index contributed by atoms with van der Waals surface area (Å²) < 4.78 is 5.24. The second-order valence-corrected chi connectivity index (χ2v) is 4.25. The van der Waals surface area contributed by atoms with Gasteiger partial charge in [-0.15, -0.1) is 0 Å². The minimum Gasteiger partial charge on any atom is -0.397 e. The van der Waals surface area contributed by atoms with Crippen LogP contribution in [-0.2, 0) is 4.74 Å². The van der Waals surface area contributed by atoms with Crippen LogP contribution in [0.3, 0.4) is 0 Å². The maximum absolute atomic E-state index is 5.99. The van der Waals surface area contributed by atoms with Crippen LogP contribution in [0, 0.1) is 0 Å². The molecule has 82 valence electrons. The van der Waals surface area contributed by atoms with Crippen LogP contribution in [-0.4, -0.2) is 25.3 Å². The molecule has 1 aliphatic rings. The molecular formula is C12H18N2O. The van der Waals surface area contributed by atoms with Gasteiger partial charge in [0.1, 0.15) is 0 Å². The molecule has 0 spiro atoms. The zero-order chi connectivity index (χ0) is 10.8. The summed E-state index contributed by atoms with van der Waals surface area (Å²) in [5.74, 6) is 0. The van der Waals surface area contributed by atoms with E-state index in [9.17, 15) is 0 Å². The van der Waals surface area contributed by atoms with Crippen LogP contribution in [0.5, 0.6) is 0 Å². The summed E-state index contributed by atoms with van der Waals surface area (Å²) in [5, 5.41) is 0. The lowest BCUT2D eigenvalue weighted by Gasteiger charge is -2.42. The lowest BCUT2D eigenvalue weighted by molar-refractivity contribution is 0.00583. The third-order valence-electron chi connectivity index (χ3n) is 2.79. The zero-order valence-electron chi connectivity index (χ0n) is 9.31. The number of anilines is 2. The lowest BCUT2D eigenvalue weighted by Crippen LogP contribution is -2.52. The maximum atomic E-state index is 5.99. The number of ether oxygens (including phenoxy) is 1. The van der Waals surface area contributed by atoms with Crippen molar-refractivity contribution >= 4 is 11.4 Å². The SMILES string of the molecule is CC(C)N(c1ccccc1N)C1COC1. The maximum Gasteiger partial charge on any atom is 0.0760 e. The summed E-state index contributed by atoms with van der Waals surface area (Å²) in [6.07, 6.45) is 0. The van der Waals surface area contributed by atoms with Gasteiger partial charge in [-0.2, -0.15) is 0 Å². The smallest absolute Gasteiger partial charge is 0.0760 e. The molecule has 1 fully saturated rings. The van der Waals surface area contributed by atoms with Gasteiger partial charge in [-0.25, -0.2) is 0 Å². The number of nitrogen functional groups attached to an aromatic ring is 1. The van der Waals surface area contributed by atoms with Gasteiger partial charge in [0.05, 0.1) is 30.6 Å². The molecule has 1 aromatic rings. The van der Waals surface area contributed by atoms with Gasteiger partial charge in [-0.05, 0) is 26.0 Å². The van der Waals surface area contributed by atoms with Crippen molar-refractivity contribution in [2.24, 2.45) is 0 Å². The fourth-order valence-corrected chi connectivity index (χ4v) is 2.00. The van der Waals surface area contributed by atoms with Crippen molar-refractivity contribution < 1.29 is 4.74 Å². The van der Waals surface area contributed by atoms with Crippen LogP contribution in [0.15, 0.2) is 24.3 Å². The molecule has 0 radical (unpaired) electrons. The van der Waals surface area contributed by atoms with Gasteiger partial charge >= 0.3 is 0 Å². The Morgan fingerprint density at radius 2 is 2.00 bits per heavy atom. The van der Waals surface area contributed by atoms with Gasteiger partial charge in [-0.3, -0.25) is 0 Å². The van der Waals surface area contributed by atoms with E-state index in [2.05, 4.69) is 24.8 Å². The number of nitrogens with two attached hydrogens (primary N) is 1. The summed E-state index contributed by atoms with van der Waals surface area (Å²) in [7, 11) is 0. The zero-order valence-corrected chi connectivity index (χ0v) is 9.31. The van der Waals surface area contributed by atoms with E-state index in [4.69, 9.17) is 10.5 Å². The molecule has 3 heteroatoms. The Kier molecular flexibility index (Phi) is 2.82. The minimum absolute atomic E-state index is 0.448. The van der Waals surface area contributed by atoms with Crippen molar-refractivity contribution in [3.63, 3.8) is 0 Å². The molecule has 0 saturated carbocycles. The van der Waals surface area contributed by atoms with Crippen LogP contribution in [0.25, 0.3) is 0 Å². The quantitative estimate of drug-likeness (QED) is 0.767. The van der Waals surface area contributed by atoms with E-state index < -0.39 is 0 Å². The van der Waals surface area contributed by atoms with Crippen LogP contribution in [0.4, 0.5) is 11.4 Å². The fraction of sp³-hybridized carbons (Fsp3) is 0.500. The Labute approximate surface area is 90.8 Å². The first-order chi connectivity index (χ1) is 7.20. The number of para-hydroxylation sites is 2. The summed E-state index contributed by atoms with van der Waals surface area (Å²) in [6.45, 7) is 5.99. The number of nitrogens with zero attached hydrogens (tertiary/aromatic N) is 1. The van der Waals surface area contributed by atoms with Crippen molar-refractivity contribution in [1.82, 2.24) is 0 Å². The third kappa shape index (κ3) is 1.92. The van der Waals surface area contributed by atoms with Crippen molar-refractivity contribution in [2.75, 3.05) is 23.8 Å². The monoisotopic (exact) mass is 206 g/mol. The molecule has 2 N–H and O–H groups in total. The number of rotatable bonds is 3. The first kappa shape index (κ1) is 10.3. The summed E-state index contributed by atoms with van der Waals surface area (Å²) >= 11 is 0. The molecule has 0 amide bonds. The van der Waals surface area contributed by atoms with E-state index in [0.717, 1.165) is 24.6 Å². The lowest BCUT2D eigenvalue weighted by atomic mass is 10.1. The molecule has 0 aromatic heterocycles. The molecule has 0 aliphatic carbocycles. The average Bonchev–Trinajstić information content (AvgIpc) is 2.12. The van der Waals surface area contributed by atoms with E-state index in [0.29, 0.717) is 12.1 Å². The highest BCUT2D eigenvalue weighted by Crippen LogP contribution is 2.28. The fourth-order valence-electron chi connectivity index (χ4n) is 2.00. The Bertz CT molecular complexity index is 334. The van der Waals surface area contributed by atoms with Crippen molar-refractivity contribution in [3.8, 4) is 0 Å². The molecule has 0 atom stereocenters. The summed E-state index contributed by atoms with van der Waals surface area (Å²) in [6, 6.07) is 8.95. The molecule has 0 unspecified atom stereocenters. The Balaban J connectivity index is 2.27. The van der Waals surface area contributed by atoms with Gasteiger partial charge in [0.25, 0.3) is 0 Å². The van der Waals surface area contributed by atoms with E-state index in [1.54, 1.807) is 0 Å². The van der Waals surface area contributed by atoms with Gasteiger partial charge in [0.15, 0.2) is 0 Å². The minimum atomic E-state index is 0.448. The molecule has 0 bridgehead atoms. The molecule has 3 nitrogen and oxygen atoms in total. The van der Waals surface area contributed by atoms with E-state index in [-0.39, 0.29) is 0 Å². The third-order valence-corrected chi connectivity index (χ3v) is 2.79. The second kappa shape index (κ2) is 4.11. The van der Waals surface area contributed by atoms with Crippen LogP contribution in [0.1, 0.15) is 13.8 Å². The van der Waals surface area contributed by atoms with Crippen LogP contribution < -0.4 is 10.6 Å². The normalized spacial score (nSPS) is 16.5. The Morgan fingerprint density at radius 1 is 1.33 bits per heavy atom. The summed E-state index contributed by atoms with van der Waals surface area (Å²) in [4.78, 5) is 2.35. The first-order valence-corrected chi connectivity index (χ1v) is 5.40. The Morgan fingerprint density at radius 3 is 2.47 bits per heavy atom.